The molecule has 0 saturated heterocycles. The average Bonchev–Trinajstić information content (AvgIpc) is 2.97. The number of aromatic nitrogens is 1. The van der Waals surface area contributed by atoms with E-state index in [1.165, 1.54) is 5.56 Å². The van der Waals surface area contributed by atoms with Crippen LogP contribution in [0.5, 0.6) is 17.2 Å². The summed E-state index contributed by atoms with van der Waals surface area (Å²) in [5.41, 5.74) is 4.42. The monoisotopic (exact) mass is 508 g/mol. The molecule has 1 N–H and O–H groups in total. The first-order valence-electron chi connectivity index (χ1n) is 12.6. The molecular formula is C32H32N2O4. The van der Waals surface area contributed by atoms with Crippen LogP contribution in [0.1, 0.15) is 35.3 Å². The number of ether oxygens (including phenoxy) is 3. The summed E-state index contributed by atoms with van der Waals surface area (Å²) in [6.45, 7) is 4.00. The second-order valence-electron chi connectivity index (χ2n) is 8.42. The average molecular weight is 509 g/mol. The van der Waals surface area contributed by atoms with E-state index in [9.17, 15) is 4.79 Å². The second kappa shape index (κ2) is 12.1. The summed E-state index contributed by atoms with van der Waals surface area (Å²) in [6, 6.07) is 25.4. The van der Waals surface area contributed by atoms with E-state index in [0.29, 0.717) is 22.8 Å². The highest BCUT2D eigenvalue weighted by molar-refractivity contribution is 6.07. The third kappa shape index (κ3) is 5.54. The number of fused-ring (bicyclic) bond motifs is 2. The lowest BCUT2D eigenvalue weighted by Gasteiger charge is -2.12. The summed E-state index contributed by atoms with van der Waals surface area (Å²) in [5.74, 6) is 1.68. The molecule has 0 aliphatic carbocycles. The van der Waals surface area contributed by atoms with E-state index in [1.807, 2.05) is 68.6 Å². The van der Waals surface area contributed by atoms with Gasteiger partial charge in [-0.05, 0) is 64.7 Å². The third-order valence-electron chi connectivity index (χ3n) is 6.25. The lowest BCUT2D eigenvalue weighted by Crippen LogP contribution is -2.13. The number of amides is 1. The number of nitrogens with zero attached hydrogens (tertiary/aromatic N) is 1. The molecule has 0 unspecified atom stereocenters. The van der Waals surface area contributed by atoms with Gasteiger partial charge in [-0.15, -0.1) is 0 Å². The number of nitrogens with one attached hydrogen (secondary N) is 1. The highest BCUT2D eigenvalue weighted by atomic mass is 16.5. The Balaban J connectivity index is 0.00000164. The molecule has 0 bridgehead atoms. The fraction of sp³-hybridized carbons (Fsp3) is 0.188. The van der Waals surface area contributed by atoms with Crippen molar-refractivity contribution in [2.75, 3.05) is 26.6 Å². The topological polar surface area (TPSA) is 69.7 Å². The zero-order valence-electron chi connectivity index (χ0n) is 22.4. The maximum Gasteiger partial charge on any atom is 0.259 e. The molecule has 0 aliphatic rings. The zero-order chi connectivity index (χ0) is 27.1. The minimum Gasteiger partial charge on any atom is -0.496 e. The van der Waals surface area contributed by atoms with E-state index in [0.717, 1.165) is 39.3 Å². The maximum atomic E-state index is 12.8. The Labute approximate surface area is 223 Å². The van der Waals surface area contributed by atoms with Crippen molar-refractivity contribution in [2.24, 2.45) is 0 Å². The van der Waals surface area contributed by atoms with Gasteiger partial charge in [0.05, 0.1) is 32.4 Å². The zero-order valence-corrected chi connectivity index (χ0v) is 22.4. The van der Waals surface area contributed by atoms with Crippen LogP contribution in [0.25, 0.3) is 21.7 Å². The number of rotatable bonds is 7. The molecule has 0 atom stereocenters. The number of benzene rings is 4. The Morgan fingerprint density at radius 2 is 1.45 bits per heavy atom. The molecule has 194 valence electrons. The fourth-order valence-corrected chi connectivity index (χ4v) is 4.42. The van der Waals surface area contributed by atoms with Crippen molar-refractivity contribution in [3.05, 3.63) is 102 Å². The first-order chi connectivity index (χ1) is 18.6. The quantitative estimate of drug-likeness (QED) is 0.250. The SMILES string of the molecule is CC.COc1cc2nccc(Cc3ccc4cc(NC(=O)c5ccccc5OC)ccc4c3)c2cc1OC. The molecular weight excluding hydrogens is 476 g/mol. The van der Waals surface area contributed by atoms with Crippen molar-refractivity contribution >= 4 is 33.3 Å². The molecule has 0 fully saturated rings. The minimum atomic E-state index is -0.208. The van der Waals surface area contributed by atoms with Gasteiger partial charge >= 0.3 is 0 Å². The predicted molar refractivity (Wildman–Crippen MR) is 154 cm³/mol. The summed E-state index contributed by atoms with van der Waals surface area (Å²) in [4.78, 5) is 17.3. The lowest BCUT2D eigenvalue weighted by molar-refractivity contribution is 0.102. The van der Waals surface area contributed by atoms with E-state index in [-0.39, 0.29) is 5.91 Å². The second-order valence-corrected chi connectivity index (χ2v) is 8.42. The normalized spacial score (nSPS) is 10.4. The van der Waals surface area contributed by atoms with Gasteiger partial charge in [-0.1, -0.05) is 50.2 Å². The molecule has 1 heterocycles. The molecule has 6 heteroatoms. The maximum absolute atomic E-state index is 12.8. The van der Waals surface area contributed by atoms with E-state index in [1.54, 1.807) is 33.5 Å². The van der Waals surface area contributed by atoms with E-state index in [4.69, 9.17) is 14.2 Å². The summed E-state index contributed by atoms with van der Waals surface area (Å²) in [5, 5.41) is 6.15. The lowest BCUT2D eigenvalue weighted by atomic mass is 9.98. The van der Waals surface area contributed by atoms with Gasteiger partial charge in [-0.2, -0.15) is 0 Å². The summed E-state index contributed by atoms with van der Waals surface area (Å²) < 4.78 is 16.2. The molecule has 0 aliphatic heterocycles. The Kier molecular flexibility index (Phi) is 8.44. The predicted octanol–water partition coefficient (Wildman–Crippen LogP) is 7.28. The van der Waals surface area contributed by atoms with Crippen LogP contribution in [0.4, 0.5) is 5.69 Å². The highest BCUT2D eigenvalue weighted by Crippen LogP contribution is 2.33. The van der Waals surface area contributed by atoms with Crippen LogP contribution in [0, 0.1) is 0 Å². The van der Waals surface area contributed by atoms with Gasteiger partial charge in [0.2, 0.25) is 0 Å². The van der Waals surface area contributed by atoms with Crippen molar-refractivity contribution in [1.29, 1.82) is 0 Å². The standard InChI is InChI=1S/C30H26N2O4.C2H6/c1-34-27-7-5-4-6-24(27)30(33)32-23-11-10-20-14-19(8-9-21(20)16-23)15-22-12-13-31-26-18-29(36-3)28(35-2)17-25(22)26;1-2/h4-14,16-18H,15H2,1-3H3,(H,32,33);1-2H3. The number of carbonyl (C=O) groups excluding carboxylic acids is 1. The van der Waals surface area contributed by atoms with Crippen molar-refractivity contribution < 1.29 is 19.0 Å². The van der Waals surface area contributed by atoms with Crippen LogP contribution in [-0.4, -0.2) is 32.2 Å². The molecule has 5 rings (SSSR count). The molecule has 1 aromatic heterocycles. The van der Waals surface area contributed by atoms with Gasteiger partial charge in [-0.3, -0.25) is 9.78 Å². The number of para-hydroxylation sites is 1. The van der Waals surface area contributed by atoms with E-state index >= 15 is 0 Å². The molecule has 38 heavy (non-hydrogen) atoms. The van der Waals surface area contributed by atoms with Gasteiger partial charge in [0.1, 0.15) is 5.75 Å². The van der Waals surface area contributed by atoms with Crippen LogP contribution in [-0.2, 0) is 6.42 Å². The molecule has 0 radical (unpaired) electrons. The molecule has 0 saturated carbocycles. The fourth-order valence-electron chi connectivity index (χ4n) is 4.42. The summed E-state index contributed by atoms with van der Waals surface area (Å²) in [6.07, 6.45) is 2.57. The largest absolute Gasteiger partial charge is 0.496 e. The number of carbonyl (C=O) groups is 1. The van der Waals surface area contributed by atoms with Gasteiger partial charge < -0.3 is 19.5 Å². The molecule has 5 aromatic rings. The van der Waals surface area contributed by atoms with Crippen molar-refractivity contribution in [1.82, 2.24) is 4.98 Å². The van der Waals surface area contributed by atoms with Crippen molar-refractivity contribution in [3.8, 4) is 17.2 Å². The smallest absolute Gasteiger partial charge is 0.259 e. The van der Waals surface area contributed by atoms with Crippen LogP contribution in [0.2, 0.25) is 0 Å². The molecule has 6 nitrogen and oxygen atoms in total. The molecule has 0 spiro atoms. The Morgan fingerprint density at radius 1 is 0.763 bits per heavy atom. The van der Waals surface area contributed by atoms with Crippen molar-refractivity contribution in [2.45, 2.75) is 20.3 Å². The van der Waals surface area contributed by atoms with Crippen LogP contribution < -0.4 is 19.5 Å². The first-order valence-corrected chi connectivity index (χ1v) is 12.6. The van der Waals surface area contributed by atoms with Gasteiger partial charge in [0.15, 0.2) is 11.5 Å². The highest BCUT2D eigenvalue weighted by Gasteiger charge is 2.13. The molecule has 4 aromatic carbocycles. The van der Waals surface area contributed by atoms with Gasteiger partial charge in [0.25, 0.3) is 5.91 Å². The Bertz CT molecular complexity index is 1580. The van der Waals surface area contributed by atoms with Crippen molar-refractivity contribution in [3.63, 3.8) is 0 Å². The van der Waals surface area contributed by atoms with Crippen LogP contribution in [0.3, 0.4) is 0 Å². The van der Waals surface area contributed by atoms with E-state index < -0.39 is 0 Å². The first kappa shape index (κ1) is 26.5. The third-order valence-corrected chi connectivity index (χ3v) is 6.25. The molecule has 1 amide bonds. The Hall–Kier alpha value is -4.58. The van der Waals surface area contributed by atoms with Gasteiger partial charge in [0, 0.05) is 23.3 Å². The number of hydrogen-bond acceptors (Lipinski definition) is 5. The number of pyridine rings is 1. The number of anilines is 1. The number of methoxy groups -OCH3 is 3. The van der Waals surface area contributed by atoms with E-state index in [2.05, 4.69) is 28.5 Å². The van der Waals surface area contributed by atoms with Gasteiger partial charge in [-0.25, -0.2) is 0 Å². The number of hydrogen-bond donors (Lipinski definition) is 1. The summed E-state index contributed by atoms with van der Waals surface area (Å²) in [7, 11) is 4.82. The Morgan fingerprint density at radius 3 is 2.21 bits per heavy atom. The minimum absolute atomic E-state index is 0.208. The summed E-state index contributed by atoms with van der Waals surface area (Å²) >= 11 is 0. The van der Waals surface area contributed by atoms with Crippen LogP contribution in [0.15, 0.2) is 85.1 Å². The van der Waals surface area contributed by atoms with Crippen LogP contribution >= 0.6 is 0 Å².